The molecule has 1 aliphatic carbocycles. The summed E-state index contributed by atoms with van der Waals surface area (Å²) in [6.07, 6.45) is 1.89. The maximum absolute atomic E-state index is 12.8. The van der Waals surface area contributed by atoms with E-state index < -0.39 is 0 Å². The van der Waals surface area contributed by atoms with Crippen molar-refractivity contribution in [2.45, 2.75) is 12.8 Å². The van der Waals surface area contributed by atoms with Crippen molar-refractivity contribution >= 4 is 5.78 Å². The molecule has 1 aromatic rings. The fraction of sp³-hybridized carbons (Fsp3) is 0.364. The van der Waals surface area contributed by atoms with Gasteiger partial charge in [0.1, 0.15) is 11.6 Å². The van der Waals surface area contributed by atoms with Crippen molar-refractivity contribution in [2.75, 3.05) is 7.11 Å². The van der Waals surface area contributed by atoms with Crippen molar-refractivity contribution in [2.24, 2.45) is 5.92 Å². The predicted molar refractivity (Wildman–Crippen MR) is 50.0 cm³/mol. The Hall–Kier alpha value is -1.38. The summed E-state index contributed by atoms with van der Waals surface area (Å²) >= 11 is 0. The van der Waals surface area contributed by atoms with E-state index >= 15 is 0 Å². The third-order valence-electron chi connectivity index (χ3n) is 2.38. The third-order valence-corrected chi connectivity index (χ3v) is 2.38. The summed E-state index contributed by atoms with van der Waals surface area (Å²) < 4.78 is 17.8. The van der Waals surface area contributed by atoms with Crippen LogP contribution in [0, 0.1) is 11.7 Å². The molecule has 0 amide bonds. The lowest BCUT2D eigenvalue weighted by atomic mass is 10.1. The second kappa shape index (κ2) is 3.40. The Labute approximate surface area is 81.7 Å². The second-order valence-electron chi connectivity index (χ2n) is 3.48. The monoisotopic (exact) mass is 194 g/mol. The van der Waals surface area contributed by atoms with E-state index in [9.17, 15) is 9.18 Å². The minimum Gasteiger partial charge on any atom is -0.496 e. The standard InChI is InChI=1S/C11H11FO2/c1-14-10-6-8(12)4-5-9(10)11(13)7-2-3-7/h4-7H,2-3H2,1H3. The molecule has 14 heavy (non-hydrogen) atoms. The largest absolute Gasteiger partial charge is 0.496 e. The zero-order valence-corrected chi connectivity index (χ0v) is 7.92. The van der Waals surface area contributed by atoms with Crippen molar-refractivity contribution in [3.8, 4) is 5.75 Å². The first kappa shape index (κ1) is 9.19. The number of ether oxygens (including phenoxy) is 1. The SMILES string of the molecule is COc1cc(F)ccc1C(=O)C1CC1. The molecule has 0 bridgehead atoms. The number of rotatable bonds is 3. The van der Waals surface area contributed by atoms with Crippen molar-refractivity contribution in [1.82, 2.24) is 0 Å². The quantitative estimate of drug-likeness (QED) is 0.691. The normalized spacial score (nSPS) is 15.3. The van der Waals surface area contributed by atoms with Crippen molar-refractivity contribution in [3.05, 3.63) is 29.6 Å². The van der Waals surface area contributed by atoms with E-state index in [0.717, 1.165) is 12.8 Å². The molecule has 0 aromatic heterocycles. The molecule has 0 heterocycles. The van der Waals surface area contributed by atoms with Gasteiger partial charge in [-0.15, -0.1) is 0 Å². The average molecular weight is 194 g/mol. The molecule has 0 radical (unpaired) electrons. The van der Waals surface area contributed by atoms with Crippen LogP contribution in [0.5, 0.6) is 5.75 Å². The van der Waals surface area contributed by atoms with Gasteiger partial charge in [0.05, 0.1) is 12.7 Å². The second-order valence-corrected chi connectivity index (χ2v) is 3.48. The molecule has 0 N–H and O–H groups in total. The van der Waals surface area contributed by atoms with Crippen molar-refractivity contribution in [1.29, 1.82) is 0 Å². The number of carbonyl (C=O) groups excluding carboxylic acids is 1. The van der Waals surface area contributed by atoms with Gasteiger partial charge in [0, 0.05) is 12.0 Å². The molecule has 2 rings (SSSR count). The topological polar surface area (TPSA) is 26.3 Å². The summed E-state index contributed by atoms with van der Waals surface area (Å²) in [5, 5.41) is 0. The van der Waals surface area contributed by atoms with E-state index in [2.05, 4.69) is 0 Å². The van der Waals surface area contributed by atoms with E-state index in [0.29, 0.717) is 11.3 Å². The lowest BCUT2D eigenvalue weighted by Crippen LogP contribution is -2.04. The molecule has 1 aromatic carbocycles. The van der Waals surface area contributed by atoms with Crippen LogP contribution in [0.25, 0.3) is 0 Å². The van der Waals surface area contributed by atoms with Gasteiger partial charge in [-0.1, -0.05) is 0 Å². The van der Waals surface area contributed by atoms with Gasteiger partial charge in [0.15, 0.2) is 5.78 Å². The molecule has 0 unspecified atom stereocenters. The molecule has 1 fully saturated rings. The molecule has 0 saturated heterocycles. The van der Waals surface area contributed by atoms with Gasteiger partial charge in [0.2, 0.25) is 0 Å². The van der Waals surface area contributed by atoms with Gasteiger partial charge in [0.25, 0.3) is 0 Å². The molecule has 0 atom stereocenters. The Morgan fingerprint density at radius 2 is 2.21 bits per heavy atom. The summed E-state index contributed by atoms with van der Waals surface area (Å²) in [5.74, 6) is 0.160. The lowest BCUT2D eigenvalue weighted by molar-refractivity contribution is 0.0964. The molecular weight excluding hydrogens is 183 g/mol. The zero-order chi connectivity index (χ0) is 10.1. The molecule has 0 spiro atoms. The van der Waals surface area contributed by atoms with Crippen LogP contribution in [0.1, 0.15) is 23.2 Å². The Morgan fingerprint density at radius 1 is 1.50 bits per heavy atom. The van der Waals surface area contributed by atoms with Gasteiger partial charge in [-0.05, 0) is 25.0 Å². The van der Waals surface area contributed by atoms with Gasteiger partial charge in [-0.25, -0.2) is 4.39 Å². The average Bonchev–Trinajstić information content (AvgIpc) is 3.00. The highest BCUT2D eigenvalue weighted by atomic mass is 19.1. The minimum atomic E-state index is -0.380. The number of Topliss-reactive ketones (excluding diaryl/α,β-unsaturated/α-hetero) is 1. The number of halogens is 1. The molecule has 2 nitrogen and oxygen atoms in total. The number of hydrogen-bond donors (Lipinski definition) is 0. The predicted octanol–water partition coefficient (Wildman–Crippen LogP) is 2.43. The Kier molecular flexibility index (Phi) is 2.23. The van der Waals surface area contributed by atoms with E-state index in [1.54, 1.807) is 0 Å². The van der Waals surface area contributed by atoms with Gasteiger partial charge < -0.3 is 4.74 Å². The maximum atomic E-state index is 12.8. The Morgan fingerprint density at radius 3 is 2.79 bits per heavy atom. The van der Waals surface area contributed by atoms with E-state index in [4.69, 9.17) is 4.74 Å². The van der Waals surface area contributed by atoms with Gasteiger partial charge in [-0.2, -0.15) is 0 Å². The van der Waals surface area contributed by atoms with Crippen LogP contribution in [0.3, 0.4) is 0 Å². The lowest BCUT2D eigenvalue weighted by Gasteiger charge is -2.06. The Bertz CT molecular complexity index is 370. The number of methoxy groups -OCH3 is 1. The highest BCUT2D eigenvalue weighted by Gasteiger charge is 2.32. The van der Waals surface area contributed by atoms with Crippen molar-refractivity contribution < 1.29 is 13.9 Å². The van der Waals surface area contributed by atoms with Crippen LogP contribution in [0.4, 0.5) is 4.39 Å². The third kappa shape index (κ3) is 1.62. The summed E-state index contributed by atoms with van der Waals surface area (Å²) in [4.78, 5) is 11.7. The minimum absolute atomic E-state index is 0.0712. The number of ketones is 1. The molecule has 1 aliphatic rings. The Balaban J connectivity index is 2.35. The van der Waals surface area contributed by atoms with E-state index in [1.165, 1.54) is 25.3 Å². The molecule has 0 aliphatic heterocycles. The van der Waals surface area contributed by atoms with Crippen LogP contribution in [-0.2, 0) is 0 Å². The van der Waals surface area contributed by atoms with Crippen LogP contribution in [0.2, 0.25) is 0 Å². The zero-order valence-electron chi connectivity index (χ0n) is 7.92. The molecular formula is C11H11FO2. The molecule has 3 heteroatoms. The van der Waals surface area contributed by atoms with Crippen molar-refractivity contribution in [3.63, 3.8) is 0 Å². The first-order valence-corrected chi connectivity index (χ1v) is 4.60. The fourth-order valence-electron chi connectivity index (χ4n) is 1.43. The van der Waals surface area contributed by atoms with Crippen LogP contribution < -0.4 is 4.74 Å². The smallest absolute Gasteiger partial charge is 0.169 e. The highest BCUT2D eigenvalue weighted by molar-refractivity contribution is 6.01. The maximum Gasteiger partial charge on any atom is 0.169 e. The van der Waals surface area contributed by atoms with E-state index in [1.807, 2.05) is 0 Å². The summed E-state index contributed by atoms with van der Waals surface area (Å²) in [6, 6.07) is 4.03. The first-order valence-electron chi connectivity index (χ1n) is 4.60. The van der Waals surface area contributed by atoms with Crippen LogP contribution in [0.15, 0.2) is 18.2 Å². The van der Waals surface area contributed by atoms with Crippen LogP contribution >= 0.6 is 0 Å². The van der Waals surface area contributed by atoms with E-state index in [-0.39, 0.29) is 17.5 Å². The fourth-order valence-corrected chi connectivity index (χ4v) is 1.43. The first-order chi connectivity index (χ1) is 6.72. The highest BCUT2D eigenvalue weighted by Crippen LogP contribution is 2.35. The molecule has 1 saturated carbocycles. The number of hydrogen-bond acceptors (Lipinski definition) is 2. The number of carbonyl (C=O) groups is 1. The molecule has 74 valence electrons. The summed E-state index contributed by atoms with van der Waals surface area (Å²) in [7, 11) is 1.44. The summed E-state index contributed by atoms with van der Waals surface area (Å²) in [5.41, 5.74) is 0.497. The van der Waals surface area contributed by atoms with Gasteiger partial charge >= 0.3 is 0 Å². The van der Waals surface area contributed by atoms with Gasteiger partial charge in [-0.3, -0.25) is 4.79 Å². The summed E-state index contributed by atoms with van der Waals surface area (Å²) in [6.45, 7) is 0. The van der Waals surface area contributed by atoms with Crippen LogP contribution in [-0.4, -0.2) is 12.9 Å². The number of benzene rings is 1.